The van der Waals surface area contributed by atoms with Gasteiger partial charge in [-0.1, -0.05) is 12.1 Å². The van der Waals surface area contributed by atoms with E-state index in [0.717, 1.165) is 0 Å². The number of amides is 1. The number of nitrogens with zero attached hydrogens (tertiary/aromatic N) is 3. The third kappa shape index (κ3) is 4.53. The molecule has 0 aliphatic heterocycles. The van der Waals surface area contributed by atoms with Gasteiger partial charge in [0.2, 0.25) is 17.8 Å². The molecule has 0 saturated carbocycles. The fourth-order valence-electron chi connectivity index (χ4n) is 1.52. The zero-order chi connectivity index (χ0) is 15.9. The number of benzene rings is 1. The van der Waals surface area contributed by atoms with Crippen molar-refractivity contribution in [3.63, 3.8) is 0 Å². The molecule has 0 fully saturated rings. The number of hydrogen-bond donors (Lipinski definition) is 4. The van der Waals surface area contributed by atoms with Crippen LogP contribution in [0.15, 0.2) is 24.3 Å². The Morgan fingerprint density at radius 1 is 1.27 bits per heavy atom. The lowest BCUT2D eigenvalue weighted by Gasteiger charge is -2.08. The van der Waals surface area contributed by atoms with E-state index >= 15 is 0 Å². The number of aromatic nitrogens is 3. The molecule has 1 amide bonds. The van der Waals surface area contributed by atoms with Gasteiger partial charge in [-0.05, 0) is 12.1 Å². The number of nitrogens with two attached hydrogens (primary N) is 2. The number of anilines is 3. The van der Waals surface area contributed by atoms with Crippen molar-refractivity contribution in [3.8, 4) is 0 Å². The highest BCUT2D eigenvalue weighted by Crippen LogP contribution is 2.18. The zero-order valence-corrected chi connectivity index (χ0v) is 12.2. The van der Waals surface area contributed by atoms with Crippen molar-refractivity contribution >= 4 is 35.3 Å². The van der Waals surface area contributed by atoms with Gasteiger partial charge in [-0.2, -0.15) is 15.0 Å². The van der Waals surface area contributed by atoms with Gasteiger partial charge in [-0.3, -0.25) is 10.2 Å². The Morgan fingerprint density at radius 2 is 2.05 bits per heavy atom. The number of thioether (sulfide) groups is 1. The molecule has 8 nitrogen and oxygen atoms in total. The van der Waals surface area contributed by atoms with Crippen LogP contribution in [-0.2, 0) is 10.5 Å². The van der Waals surface area contributed by atoms with E-state index < -0.39 is 5.82 Å². The first kappa shape index (κ1) is 15.9. The number of nitrogen functional groups attached to an aromatic ring is 1. The van der Waals surface area contributed by atoms with Crippen molar-refractivity contribution in [2.45, 2.75) is 5.75 Å². The van der Waals surface area contributed by atoms with Gasteiger partial charge in [-0.15, -0.1) is 11.8 Å². The van der Waals surface area contributed by atoms with E-state index in [4.69, 9.17) is 11.6 Å². The molecule has 116 valence electrons. The van der Waals surface area contributed by atoms with Crippen LogP contribution >= 0.6 is 11.8 Å². The molecule has 1 aromatic carbocycles. The number of para-hydroxylation sites is 1. The van der Waals surface area contributed by atoms with Crippen LogP contribution in [0.2, 0.25) is 0 Å². The third-order valence-corrected chi connectivity index (χ3v) is 3.37. The first-order valence-corrected chi connectivity index (χ1v) is 7.33. The molecule has 6 N–H and O–H groups in total. The van der Waals surface area contributed by atoms with Crippen molar-refractivity contribution < 1.29 is 9.18 Å². The second-order valence-electron chi connectivity index (χ2n) is 4.10. The Bertz CT molecular complexity index is 670. The minimum atomic E-state index is -0.433. The standard InChI is InChI=1S/C12H14FN7OS/c13-7-3-1-2-4-8(7)16-12-18-9(17-11(14)19-12)5-22-6-10(21)20-15/h1-4H,5-6,15H2,(H,20,21)(H3,14,16,17,18,19). The van der Waals surface area contributed by atoms with Crippen LogP contribution in [0.5, 0.6) is 0 Å². The van der Waals surface area contributed by atoms with E-state index in [2.05, 4.69) is 20.3 Å². The molecule has 22 heavy (non-hydrogen) atoms. The lowest BCUT2D eigenvalue weighted by molar-refractivity contribution is -0.118. The maximum atomic E-state index is 13.6. The van der Waals surface area contributed by atoms with Gasteiger partial charge >= 0.3 is 0 Å². The average Bonchev–Trinajstić information content (AvgIpc) is 2.49. The van der Waals surface area contributed by atoms with E-state index in [-0.39, 0.29) is 29.2 Å². The average molecular weight is 323 g/mol. The zero-order valence-electron chi connectivity index (χ0n) is 11.4. The lowest BCUT2D eigenvalue weighted by Crippen LogP contribution is -2.31. The van der Waals surface area contributed by atoms with Crippen molar-refractivity contribution in [3.05, 3.63) is 35.9 Å². The molecule has 2 rings (SSSR count). The second kappa shape index (κ2) is 7.52. The number of carbonyl (C=O) groups excluding carboxylic acids is 1. The van der Waals surface area contributed by atoms with Gasteiger partial charge in [0.05, 0.1) is 17.2 Å². The summed E-state index contributed by atoms with van der Waals surface area (Å²) in [6.07, 6.45) is 0. The van der Waals surface area contributed by atoms with Crippen LogP contribution in [-0.4, -0.2) is 26.6 Å². The molecule has 0 aliphatic rings. The Hall–Kier alpha value is -2.46. The summed E-state index contributed by atoms with van der Waals surface area (Å²) in [5, 5.41) is 2.74. The summed E-state index contributed by atoms with van der Waals surface area (Å²) >= 11 is 1.26. The number of rotatable bonds is 6. The van der Waals surface area contributed by atoms with Crippen molar-refractivity contribution in [1.82, 2.24) is 20.4 Å². The molecule has 2 aromatic rings. The van der Waals surface area contributed by atoms with E-state index in [1.54, 1.807) is 18.2 Å². The predicted molar refractivity (Wildman–Crippen MR) is 82.4 cm³/mol. The molecule has 0 unspecified atom stereocenters. The minimum Gasteiger partial charge on any atom is -0.368 e. The Labute approximate surface area is 129 Å². The van der Waals surface area contributed by atoms with Crippen molar-refractivity contribution in [2.75, 3.05) is 16.8 Å². The summed E-state index contributed by atoms with van der Waals surface area (Å²) in [7, 11) is 0. The molecule has 1 heterocycles. The summed E-state index contributed by atoms with van der Waals surface area (Å²) in [5.74, 6) is 5.26. The Kier molecular flexibility index (Phi) is 5.44. The summed E-state index contributed by atoms with van der Waals surface area (Å²) in [6, 6.07) is 6.12. The van der Waals surface area contributed by atoms with Crippen LogP contribution in [0.1, 0.15) is 5.82 Å². The van der Waals surface area contributed by atoms with Crippen LogP contribution < -0.4 is 22.3 Å². The fraction of sp³-hybridized carbons (Fsp3) is 0.167. The summed E-state index contributed by atoms with van der Waals surface area (Å²) in [4.78, 5) is 23.0. The summed E-state index contributed by atoms with van der Waals surface area (Å²) in [5.41, 5.74) is 7.86. The number of hydrogen-bond acceptors (Lipinski definition) is 8. The maximum Gasteiger partial charge on any atom is 0.243 e. The highest BCUT2D eigenvalue weighted by atomic mass is 32.2. The van der Waals surface area contributed by atoms with Gasteiger partial charge in [0.15, 0.2) is 0 Å². The molecule has 0 radical (unpaired) electrons. The van der Waals surface area contributed by atoms with Crippen LogP contribution in [0.25, 0.3) is 0 Å². The number of nitrogens with one attached hydrogen (secondary N) is 2. The number of carbonyl (C=O) groups is 1. The molecule has 0 spiro atoms. The van der Waals surface area contributed by atoms with Gasteiger partial charge in [0.1, 0.15) is 11.6 Å². The molecule has 0 atom stereocenters. The quantitative estimate of drug-likeness (QED) is 0.344. The number of halogens is 1. The normalized spacial score (nSPS) is 10.3. The SMILES string of the molecule is NNC(=O)CSCc1nc(N)nc(Nc2ccccc2F)n1. The Balaban J connectivity index is 2.06. The van der Waals surface area contributed by atoms with Crippen molar-refractivity contribution in [1.29, 1.82) is 0 Å². The lowest BCUT2D eigenvalue weighted by atomic mass is 10.3. The second-order valence-corrected chi connectivity index (χ2v) is 5.08. The summed E-state index contributed by atoms with van der Waals surface area (Å²) < 4.78 is 13.6. The molecular formula is C12H14FN7OS. The molecule has 0 saturated heterocycles. The summed E-state index contributed by atoms with van der Waals surface area (Å²) in [6.45, 7) is 0. The molecule has 0 bridgehead atoms. The molecule has 10 heteroatoms. The topological polar surface area (TPSA) is 132 Å². The Morgan fingerprint density at radius 3 is 2.77 bits per heavy atom. The van der Waals surface area contributed by atoms with Crippen LogP contribution in [0, 0.1) is 5.82 Å². The van der Waals surface area contributed by atoms with E-state index in [9.17, 15) is 9.18 Å². The fourth-order valence-corrected chi connectivity index (χ4v) is 2.20. The van der Waals surface area contributed by atoms with E-state index in [1.165, 1.54) is 17.8 Å². The van der Waals surface area contributed by atoms with E-state index in [1.807, 2.05) is 5.43 Å². The number of hydrazine groups is 1. The highest BCUT2D eigenvalue weighted by Gasteiger charge is 2.08. The highest BCUT2D eigenvalue weighted by molar-refractivity contribution is 7.99. The maximum absolute atomic E-state index is 13.6. The minimum absolute atomic E-state index is 0.00714. The molecular weight excluding hydrogens is 309 g/mol. The van der Waals surface area contributed by atoms with Gasteiger partial charge in [0.25, 0.3) is 0 Å². The van der Waals surface area contributed by atoms with Gasteiger partial charge in [0, 0.05) is 0 Å². The van der Waals surface area contributed by atoms with Crippen LogP contribution in [0.3, 0.4) is 0 Å². The molecule has 0 aliphatic carbocycles. The van der Waals surface area contributed by atoms with Gasteiger partial charge in [-0.25, -0.2) is 10.2 Å². The largest absolute Gasteiger partial charge is 0.368 e. The smallest absolute Gasteiger partial charge is 0.243 e. The molecule has 1 aromatic heterocycles. The van der Waals surface area contributed by atoms with Crippen LogP contribution in [0.4, 0.5) is 22.0 Å². The van der Waals surface area contributed by atoms with Gasteiger partial charge < -0.3 is 11.1 Å². The third-order valence-electron chi connectivity index (χ3n) is 2.44. The first-order chi connectivity index (χ1) is 10.6. The first-order valence-electron chi connectivity index (χ1n) is 6.17. The monoisotopic (exact) mass is 323 g/mol. The van der Waals surface area contributed by atoms with E-state index in [0.29, 0.717) is 11.6 Å². The van der Waals surface area contributed by atoms with Crippen molar-refractivity contribution in [2.24, 2.45) is 5.84 Å². The predicted octanol–water partition coefficient (Wildman–Crippen LogP) is 0.560.